The van der Waals surface area contributed by atoms with E-state index in [0.29, 0.717) is 41.5 Å². The molecule has 30 heavy (non-hydrogen) atoms. The first kappa shape index (κ1) is 22.7. The molecule has 0 aliphatic rings. The number of nitrogens with two attached hydrogens (primary N) is 1. The highest BCUT2D eigenvalue weighted by molar-refractivity contribution is 5.97. The third-order valence-corrected chi connectivity index (χ3v) is 4.26. The van der Waals surface area contributed by atoms with Crippen LogP contribution in [-0.2, 0) is 4.74 Å². The highest BCUT2D eigenvalue weighted by Gasteiger charge is 2.16. The van der Waals surface area contributed by atoms with Gasteiger partial charge in [0.05, 0.1) is 51.9 Å². The number of benzene rings is 2. The van der Waals surface area contributed by atoms with Gasteiger partial charge in [0.15, 0.2) is 11.5 Å². The maximum Gasteiger partial charge on any atom is 0.340 e. The minimum Gasteiger partial charge on any atom is -0.497 e. The molecule has 3 N–H and O–H groups in total. The molecule has 0 aliphatic heterocycles. The minimum atomic E-state index is -0.569. The van der Waals surface area contributed by atoms with Gasteiger partial charge in [0, 0.05) is 24.7 Å². The third-order valence-electron chi connectivity index (χ3n) is 4.26. The minimum absolute atomic E-state index is 0.188. The van der Waals surface area contributed by atoms with Crippen LogP contribution in [0, 0.1) is 0 Å². The zero-order valence-corrected chi connectivity index (χ0v) is 17.4. The number of rotatable bonds is 10. The molecular formula is C21H26N2O7. The van der Waals surface area contributed by atoms with Crippen LogP contribution in [0.5, 0.6) is 23.0 Å². The molecule has 1 amide bonds. The van der Waals surface area contributed by atoms with Crippen molar-refractivity contribution in [1.82, 2.24) is 5.32 Å². The van der Waals surface area contributed by atoms with Crippen molar-refractivity contribution in [2.24, 2.45) is 0 Å². The number of nitrogen functional groups attached to an aromatic ring is 1. The molecule has 2 aromatic carbocycles. The molecule has 0 bridgehead atoms. The van der Waals surface area contributed by atoms with Crippen LogP contribution in [0.1, 0.15) is 27.1 Å². The van der Waals surface area contributed by atoms with Crippen molar-refractivity contribution in [1.29, 1.82) is 0 Å². The second-order valence-electron chi connectivity index (χ2n) is 6.11. The number of hydrogen-bond donors (Lipinski definition) is 2. The fourth-order valence-corrected chi connectivity index (χ4v) is 2.67. The molecule has 0 unspecified atom stereocenters. The summed E-state index contributed by atoms with van der Waals surface area (Å²) in [5, 5.41) is 2.81. The second-order valence-corrected chi connectivity index (χ2v) is 6.11. The van der Waals surface area contributed by atoms with Crippen LogP contribution in [-0.4, -0.2) is 53.5 Å². The Hall–Kier alpha value is -3.62. The van der Waals surface area contributed by atoms with Crippen molar-refractivity contribution < 1.29 is 33.3 Å². The fourth-order valence-electron chi connectivity index (χ4n) is 2.67. The Labute approximate surface area is 175 Å². The molecule has 0 heterocycles. The number of methoxy groups -OCH3 is 4. The number of anilines is 1. The standard InChI is InChI=1S/C21H26N2O7/c1-26-13-6-7-14(17(10-13)27-2)20(24)23-8-5-9-30-19-11-15(21(25)29-4)16(22)12-18(19)28-3/h6-7,10-12H,5,8-9,22H2,1-4H3,(H,23,24). The van der Waals surface area contributed by atoms with Crippen molar-refractivity contribution in [3.05, 3.63) is 41.5 Å². The van der Waals surface area contributed by atoms with Crippen LogP contribution in [0.4, 0.5) is 5.69 Å². The van der Waals surface area contributed by atoms with E-state index < -0.39 is 5.97 Å². The Balaban J connectivity index is 1.93. The van der Waals surface area contributed by atoms with E-state index in [4.69, 9.17) is 29.4 Å². The molecule has 0 saturated carbocycles. The molecule has 0 atom stereocenters. The lowest BCUT2D eigenvalue weighted by atomic mass is 10.1. The van der Waals surface area contributed by atoms with Crippen molar-refractivity contribution in [3.63, 3.8) is 0 Å². The SMILES string of the molecule is COC(=O)c1cc(OCCCNC(=O)c2ccc(OC)cc2OC)c(OC)cc1N. The summed E-state index contributed by atoms with van der Waals surface area (Å²) in [5.74, 6) is 0.932. The lowest BCUT2D eigenvalue weighted by molar-refractivity contribution is 0.0601. The third kappa shape index (κ3) is 5.47. The van der Waals surface area contributed by atoms with E-state index in [1.165, 1.54) is 33.5 Å². The summed E-state index contributed by atoms with van der Waals surface area (Å²) >= 11 is 0. The van der Waals surface area contributed by atoms with Crippen molar-refractivity contribution >= 4 is 17.6 Å². The monoisotopic (exact) mass is 418 g/mol. The maximum absolute atomic E-state index is 12.4. The summed E-state index contributed by atoms with van der Waals surface area (Å²) in [5.41, 5.74) is 6.67. The van der Waals surface area contributed by atoms with E-state index >= 15 is 0 Å². The topological polar surface area (TPSA) is 118 Å². The smallest absolute Gasteiger partial charge is 0.340 e. The van der Waals surface area contributed by atoms with E-state index in [0.717, 1.165) is 0 Å². The van der Waals surface area contributed by atoms with Crippen molar-refractivity contribution in [3.8, 4) is 23.0 Å². The summed E-state index contributed by atoms with van der Waals surface area (Å²) in [4.78, 5) is 24.2. The average molecular weight is 418 g/mol. The molecule has 0 spiro atoms. The largest absolute Gasteiger partial charge is 0.497 e. The van der Waals surface area contributed by atoms with Crippen molar-refractivity contribution in [2.45, 2.75) is 6.42 Å². The highest BCUT2D eigenvalue weighted by atomic mass is 16.5. The van der Waals surface area contributed by atoms with Crippen LogP contribution in [0.25, 0.3) is 0 Å². The van der Waals surface area contributed by atoms with Gasteiger partial charge in [-0.25, -0.2) is 4.79 Å². The van der Waals surface area contributed by atoms with Crippen LogP contribution >= 0.6 is 0 Å². The predicted octanol–water partition coefficient (Wildman–Crippen LogP) is 2.28. The summed E-state index contributed by atoms with van der Waals surface area (Å²) in [6.07, 6.45) is 0.519. The summed E-state index contributed by atoms with van der Waals surface area (Å²) in [6.45, 7) is 0.649. The Morgan fingerprint density at radius 1 is 0.900 bits per heavy atom. The summed E-state index contributed by atoms with van der Waals surface area (Å²) in [7, 11) is 5.77. The van der Waals surface area contributed by atoms with Gasteiger partial charge in [-0.1, -0.05) is 0 Å². The molecule has 2 rings (SSSR count). The van der Waals surface area contributed by atoms with E-state index in [9.17, 15) is 9.59 Å². The fraction of sp³-hybridized carbons (Fsp3) is 0.333. The molecular weight excluding hydrogens is 392 g/mol. The molecule has 0 aliphatic carbocycles. The number of carbonyl (C=O) groups excluding carboxylic acids is 2. The molecule has 9 heteroatoms. The first-order valence-corrected chi connectivity index (χ1v) is 9.14. The van der Waals surface area contributed by atoms with Gasteiger partial charge in [-0.3, -0.25) is 4.79 Å². The predicted molar refractivity (Wildman–Crippen MR) is 111 cm³/mol. The first-order valence-electron chi connectivity index (χ1n) is 9.14. The number of esters is 1. The Kier molecular flexibility index (Phi) is 8.16. The molecule has 0 saturated heterocycles. The van der Waals surface area contributed by atoms with E-state index in [-0.39, 0.29) is 23.8 Å². The Bertz CT molecular complexity index is 899. The lowest BCUT2D eigenvalue weighted by Gasteiger charge is -2.14. The number of amides is 1. The highest BCUT2D eigenvalue weighted by Crippen LogP contribution is 2.32. The zero-order valence-electron chi connectivity index (χ0n) is 17.4. The number of ether oxygens (including phenoxy) is 5. The normalized spacial score (nSPS) is 10.1. The van der Waals surface area contributed by atoms with E-state index in [2.05, 4.69) is 5.32 Å². The van der Waals surface area contributed by atoms with Crippen molar-refractivity contribution in [2.75, 3.05) is 47.3 Å². The number of nitrogens with one attached hydrogen (secondary N) is 1. The zero-order chi connectivity index (χ0) is 22.1. The van der Waals surface area contributed by atoms with Crippen LogP contribution in [0.3, 0.4) is 0 Å². The van der Waals surface area contributed by atoms with Gasteiger partial charge in [0.1, 0.15) is 11.5 Å². The van der Waals surface area contributed by atoms with Gasteiger partial charge >= 0.3 is 5.97 Å². The quantitative estimate of drug-likeness (QED) is 0.343. The van der Waals surface area contributed by atoms with Gasteiger partial charge in [0.25, 0.3) is 5.91 Å². The van der Waals surface area contributed by atoms with Gasteiger partial charge in [-0.15, -0.1) is 0 Å². The summed E-state index contributed by atoms with van der Waals surface area (Å²) in [6, 6.07) is 7.94. The molecule has 0 aromatic heterocycles. The molecule has 162 valence electrons. The number of hydrogen-bond acceptors (Lipinski definition) is 8. The summed E-state index contributed by atoms with van der Waals surface area (Å²) < 4.78 is 26.0. The second kappa shape index (κ2) is 10.8. The average Bonchev–Trinajstić information content (AvgIpc) is 2.77. The first-order chi connectivity index (χ1) is 14.4. The number of carbonyl (C=O) groups is 2. The Morgan fingerprint density at radius 3 is 2.27 bits per heavy atom. The van der Waals surface area contributed by atoms with Gasteiger partial charge < -0.3 is 34.7 Å². The Morgan fingerprint density at radius 2 is 1.63 bits per heavy atom. The van der Waals surface area contributed by atoms with Crippen LogP contribution in [0.15, 0.2) is 30.3 Å². The van der Waals surface area contributed by atoms with E-state index in [1.807, 2.05) is 0 Å². The molecule has 9 nitrogen and oxygen atoms in total. The van der Waals surface area contributed by atoms with E-state index in [1.54, 1.807) is 25.3 Å². The van der Waals surface area contributed by atoms with Crippen LogP contribution < -0.4 is 30.0 Å². The molecule has 0 fully saturated rings. The maximum atomic E-state index is 12.4. The molecule has 2 aromatic rings. The van der Waals surface area contributed by atoms with Gasteiger partial charge in [-0.2, -0.15) is 0 Å². The molecule has 0 radical (unpaired) electrons. The van der Waals surface area contributed by atoms with Gasteiger partial charge in [-0.05, 0) is 18.6 Å². The van der Waals surface area contributed by atoms with Crippen LogP contribution in [0.2, 0.25) is 0 Å². The lowest BCUT2D eigenvalue weighted by Crippen LogP contribution is -2.26. The van der Waals surface area contributed by atoms with Gasteiger partial charge in [0.2, 0.25) is 0 Å².